The third kappa shape index (κ3) is 4.99. The number of nitrogens with two attached hydrogens (primary N) is 1. The number of primary amides is 1. The van der Waals surface area contributed by atoms with Crippen LogP contribution in [-0.4, -0.2) is 37.6 Å². The summed E-state index contributed by atoms with van der Waals surface area (Å²) in [6, 6.07) is 10.1. The lowest BCUT2D eigenvalue weighted by Crippen LogP contribution is -2.27. The Morgan fingerprint density at radius 1 is 1.07 bits per heavy atom. The number of carbonyl (C=O) groups is 2. The molecule has 7 nitrogen and oxygen atoms in total. The predicted molar refractivity (Wildman–Crippen MR) is 106 cm³/mol. The maximum atomic E-state index is 13.5. The highest BCUT2D eigenvalue weighted by molar-refractivity contribution is 7.89. The molecule has 1 heterocycles. The number of amides is 2. The molecule has 0 radical (unpaired) electrons. The molecule has 0 atom stereocenters. The van der Waals surface area contributed by atoms with Crippen LogP contribution in [0.2, 0.25) is 0 Å². The van der Waals surface area contributed by atoms with Crippen molar-refractivity contribution in [2.24, 2.45) is 5.73 Å². The van der Waals surface area contributed by atoms with Crippen molar-refractivity contribution in [1.82, 2.24) is 4.31 Å². The lowest BCUT2D eigenvalue weighted by atomic mass is 10.1. The fourth-order valence-corrected chi connectivity index (χ4v) is 4.70. The van der Waals surface area contributed by atoms with E-state index >= 15 is 0 Å². The van der Waals surface area contributed by atoms with E-state index < -0.39 is 21.7 Å². The normalized spacial score (nSPS) is 14.7. The van der Waals surface area contributed by atoms with Crippen molar-refractivity contribution < 1.29 is 22.4 Å². The van der Waals surface area contributed by atoms with Crippen molar-refractivity contribution in [2.45, 2.75) is 30.6 Å². The molecular weight excluding hydrogens is 397 g/mol. The smallest absolute Gasteiger partial charge is 0.251 e. The van der Waals surface area contributed by atoms with Crippen LogP contribution in [0.25, 0.3) is 0 Å². The quantitative estimate of drug-likeness (QED) is 0.717. The lowest BCUT2D eigenvalue weighted by Gasteiger charge is -2.15. The van der Waals surface area contributed by atoms with Gasteiger partial charge < -0.3 is 11.1 Å². The number of nitrogens with one attached hydrogen (secondary N) is 1. The van der Waals surface area contributed by atoms with Gasteiger partial charge >= 0.3 is 0 Å². The summed E-state index contributed by atoms with van der Waals surface area (Å²) < 4.78 is 40.0. The van der Waals surface area contributed by atoms with Gasteiger partial charge in [0.25, 0.3) is 5.91 Å². The van der Waals surface area contributed by atoms with E-state index in [1.165, 1.54) is 16.4 Å². The molecule has 3 N–H and O–H groups in total. The zero-order valence-electron chi connectivity index (χ0n) is 15.7. The molecule has 0 spiro atoms. The maximum Gasteiger partial charge on any atom is 0.251 e. The summed E-state index contributed by atoms with van der Waals surface area (Å²) in [4.78, 5) is 23.6. The average Bonchev–Trinajstić information content (AvgIpc) is 3.24. The number of aryl methyl sites for hydroxylation is 1. The van der Waals surface area contributed by atoms with Crippen LogP contribution in [-0.2, 0) is 21.2 Å². The van der Waals surface area contributed by atoms with Crippen molar-refractivity contribution in [2.75, 3.05) is 18.4 Å². The van der Waals surface area contributed by atoms with Crippen molar-refractivity contribution in [3.8, 4) is 0 Å². The topological polar surface area (TPSA) is 110 Å². The second-order valence-corrected chi connectivity index (χ2v) is 8.80. The van der Waals surface area contributed by atoms with Gasteiger partial charge in [-0.1, -0.05) is 12.1 Å². The largest absolute Gasteiger partial charge is 0.366 e. The highest BCUT2D eigenvalue weighted by Gasteiger charge is 2.26. The number of anilines is 1. The first-order chi connectivity index (χ1) is 13.8. The molecule has 0 aromatic heterocycles. The SMILES string of the molecule is NC(=O)c1cc(NC(=O)CCc2ccc(S(=O)(=O)N3CCCC3)cc2)ccc1F. The summed E-state index contributed by atoms with van der Waals surface area (Å²) in [5, 5.41) is 2.59. The standard InChI is InChI=1S/C20H22FN3O4S/c21-18-9-6-15(13-17(18)20(22)26)23-19(25)10-5-14-3-7-16(8-4-14)29(27,28)24-11-1-2-12-24/h3-4,6-9,13H,1-2,5,10-12H2,(H2,22,26)(H,23,25). The average molecular weight is 419 g/mol. The summed E-state index contributed by atoms with van der Waals surface area (Å²) in [6.45, 7) is 1.09. The molecule has 0 saturated carbocycles. The van der Waals surface area contributed by atoms with Crippen LogP contribution in [0.1, 0.15) is 35.2 Å². The maximum absolute atomic E-state index is 13.5. The third-order valence-electron chi connectivity index (χ3n) is 4.78. The van der Waals surface area contributed by atoms with E-state index in [4.69, 9.17) is 5.73 Å². The Morgan fingerprint density at radius 3 is 2.34 bits per heavy atom. The molecule has 2 amide bonds. The zero-order valence-corrected chi connectivity index (χ0v) is 16.5. The lowest BCUT2D eigenvalue weighted by molar-refractivity contribution is -0.116. The molecule has 0 aliphatic carbocycles. The van der Waals surface area contributed by atoms with Crippen LogP contribution in [0.3, 0.4) is 0 Å². The predicted octanol–water partition coefficient (Wildman–Crippen LogP) is 2.28. The molecule has 0 unspecified atom stereocenters. The molecule has 1 saturated heterocycles. The first-order valence-electron chi connectivity index (χ1n) is 9.25. The Balaban J connectivity index is 1.58. The Labute approximate surface area is 168 Å². The minimum Gasteiger partial charge on any atom is -0.366 e. The molecule has 29 heavy (non-hydrogen) atoms. The van der Waals surface area contributed by atoms with E-state index in [9.17, 15) is 22.4 Å². The number of benzene rings is 2. The second-order valence-electron chi connectivity index (χ2n) is 6.86. The molecule has 154 valence electrons. The van der Waals surface area contributed by atoms with E-state index in [0.717, 1.165) is 24.5 Å². The molecule has 2 aromatic rings. The van der Waals surface area contributed by atoms with Gasteiger partial charge in [0.15, 0.2) is 0 Å². The number of hydrogen-bond donors (Lipinski definition) is 2. The van der Waals surface area contributed by atoms with Gasteiger partial charge in [-0.15, -0.1) is 0 Å². The summed E-state index contributed by atoms with van der Waals surface area (Å²) in [6.07, 6.45) is 2.30. The van der Waals surface area contributed by atoms with Gasteiger partial charge in [-0.25, -0.2) is 12.8 Å². The highest BCUT2D eigenvalue weighted by atomic mass is 32.2. The van der Waals surface area contributed by atoms with Crippen molar-refractivity contribution >= 4 is 27.5 Å². The van der Waals surface area contributed by atoms with Gasteiger partial charge in [0.05, 0.1) is 10.5 Å². The number of sulfonamides is 1. The molecule has 0 bridgehead atoms. The van der Waals surface area contributed by atoms with Crippen molar-refractivity contribution in [1.29, 1.82) is 0 Å². The highest BCUT2D eigenvalue weighted by Crippen LogP contribution is 2.21. The van der Waals surface area contributed by atoms with Gasteiger partial charge in [-0.3, -0.25) is 9.59 Å². The first-order valence-corrected chi connectivity index (χ1v) is 10.7. The van der Waals surface area contributed by atoms with Gasteiger partial charge in [-0.05, 0) is 55.2 Å². The fraction of sp³-hybridized carbons (Fsp3) is 0.300. The van der Waals surface area contributed by atoms with Crippen LogP contribution in [0, 0.1) is 5.82 Å². The van der Waals surface area contributed by atoms with Crippen LogP contribution in [0.5, 0.6) is 0 Å². The summed E-state index contributed by atoms with van der Waals surface area (Å²) in [5.41, 5.74) is 5.89. The molecule has 1 aliphatic heterocycles. The zero-order chi connectivity index (χ0) is 21.0. The molecule has 9 heteroatoms. The van der Waals surface area contributed by atoms with E-state index in [0.29, 0.717) is 19.5 Å². The van der Waals surface area contributed by atoms with Crippen molar-refractivity contribution in [3.05, 3.63) is 59.4 Å². The summed E-state index contributed by atoms with van der Waals surface area (Å²) >= 11 is 0. The monoisotopic (exact) mass is 419 g/mol. The van der Waals surface area contributed by atoms with Gasteiger partial charge in [0.1, 0.15) is 5.82 Å². The van der Waals surface area contributed by atoms with Gasteiger partial charge in [0, 0.05) is 25.2 Å². The molecule has 3 rings (SSSR count). The van der Waals surface area contributed by atoms with Crippen LogP contribution < -0.4 is 11.1 Å². The molecular formula is C20H22FN3O4S. The van der Waals surface area contributed by atoms with E-state index in [2.05, 4.69) is 5.32 Å². The molecule has 1 fully saturated rings. The Kier molecular flexibility index (Phi) is 6.29. The first kappa shape index (κ1) is 20.9. The fourth-order valence-electron chi connectivity index (χ4n) is 3.18. The number of hydrogen-bond acceptors (Lipinski definition) is 4. The van der Waals surface area contributed by atoms with Gasteiger partial charge in [-0.2, -0.15) is 4.31 Å². The van der Waals surface area contributed by atoms with E-state index in [-0.39, 0.29) is 28.5 Å². The number of carbonyl (C=O) groups excluding carboxylic acids is 2. The van der Waals surface area contributed by atoms with E-state index in [1.807, 2.05) is 0 Å². The van der Waals surface area contributed by atoms with E-state index in [1.54, 1.807) is 24.3 Å². The van der Waals surface area contributed by atoms with Crippen molar-refractivity contribution in [3.63, 3.8) is 0 Å². The number of halogens is 1. The molecule has 2 aromatic carbocycles. The Bertz CT molecular complexity index is 1020. The van der Waals surface area contributed by atoms with Crippen LogP contribution in [0.4, 0.5) is 10.1 Å². The minimum absolute atomic E-state index is 0.140. The Morgan fingerprint density at radius 2 is 1.72 bits per heavy atom. The number of rotatable bonds is 7. The summed E-state index contributed by atoms with van der Waals surface area (Å²) in [5.74, 6) is -1.98. The van der Waals surface area contributed by atoms with Crippen LogP contribution >= 0.6 is 0 Å². The number of nitrogens with zero attached hydrogens (tertiary/aromatic N) is 1. The second kappa shape index (κ2) is 8.71. The minimum atomic E-state index is -3.46. The third-order valence-corrected chi connectivity index (χ3v) is 6.70. The molecule has 1 aliphatic rings. The Hall–Kier alpha value is -2.78. The van der Waals surface area contributed by atoms with Gasteiger partial charge in [0.2, 0.25) is 15.9 Å². The summed E-state index contributed by atoms with van der Waals surface area (Å²) in [7, 11) is -3.46. The van der Waals surface area contributed by atoms with Crippen LogP contribution in [0.15, 0.2) is 47.4 Å².